The maximum absolute atomic E-state index is 11.4. The molecule has 0 aromatic carbocycles. The molecule has 0 spiro atoms. The SMILES string of the molecule is CN(Cc1cc(C(=O)O)co1)C1CCS(=O)(=O)C1. The van der Waals surface area contributed by atoms with Gasteiger partial charge >= 0.3 is 5.97 Å². The van der Waals surface area contributed by atoms with Crippen molar-refractivity contribution in [3.63, 3.8) is 0 Å². The summed E-state index contributed by atoms with van der Waals surface area (Å²) >= 11 is 0. The third-order valence-electron chi connectivity index (χ3n) is 3.14. The maximum Gasteiger partial charge on any atom is 0.338 e. The van der Waals surface area contributed by atoms with E-state index in [-0.39, 0.29) is 23.1 Å². The van der Waals surface area contributed by atoms with Gasteiger partial charge in [0.25, 0.3) is 0 Å². The molecule has 1 fully saturated rings. The van der Waals surface area contributed by atoms with E-state index in [1.54, 1.807) is 0 Å². The number of hydrogen-bond donors (Lipinski definition) is 1. The molecule has 6 nitrogen and oxygen atoms in total. The van der Waals surface area contributed by atoms with Gasteiger partial charge in [-0.25, -0.2) is 13.2 Å². The molecule has 0 amide bonds. The fourth-order valence-electron chi connectivity index (χ4n) is 2.07. The Bertz CT molecular complexity index is 548. The van der Waals surface area contributed by atoms with Crippen molar-refractivity contribution in [3.05, 3.63) is 23.7 Å². The van der Waals surface area contributed by atoms with E-state index >= 15 is 0 Å². The van der Waals surface area contributed by atoms with Crippen molar-refractivity contribution in [2.45, 2.75) is 19.0 Å². The van der Waals surface area contributed by atoms with E-state index in [2.05, 4.69) is 0 Å². The zero-order valence-electron chi connectivity index (χ0n) is 10.00. The van der Waals surface area contributed by atoms with Crippen LogP contribution in [-0.2, 0) is 16.4 Å². The van der Waals surface area contributed by atoms with Crippen LogP contribution in [0.1, 0.15) is 22.5 Å². The van der Waals surface area contributed by atoms with Crippen LogP contribution in [0.15, 0.2) is 16.7 Å². The van der Waals surface area contributed by atoms with Crippen LogP contribution in [0, 0.1) is 0 Å². The molecule has 0 radical (unpaired) electrons. The van der Waals surface area contributed by atoms with Gasteiger partial charge in [0, 0.05) is 6.04 Å². The molecule has 2 heterocycles. The lowest BCUT2D eigenvalue weighted by atomic mass is 10.2. The predicted octanol–water partition coefficient (Wildman–Crippen LogP) is 0.597. The van der Waals surface area contributed by atoms with E-state index in [0.29, 0.717) is 18.7 Å². The minimum Gasteiger partial charge on any atom is -0.478 e. The highest BCUT2D eigenvalue weighted by Gasteiger charge is 2.30. The minimum absolute atomic E-state index is 0.0200. The van der Waals surface area contributed by atoms with Crippen LogP contribution in [0.5, 0.6) is 0 Å². The first-order valence-electron chi connectivity index (χ1n) is 5.59. The van der Waals surface area contributed by atoms with E-state index in [9.17, 15) is 13.2 Å². The standard InChI is InChI=1S/C11H15NO5S/c1-12(9-2-3-18(15,16)7-9)5-10-4-8(6-17-10)11(13)14/h4,6,9H,2-3,5,7H2,1H3,(H,13,14). The summed E-state index contributed by atoms with van der Waals surface area (Å²) in [5.74, 6) is -0.119. The van der Waals surface area contributed by atoms with Crippen molar-refractivity contribution < 1.29 is 22.7 Å². The zero-order valence-corrected chi connectivity index (χ0v) is 10.8. The van der Waals surface area contributed by atoms with Gasteiger partial charge in [-0.2, -0.15) is 0 Å². The summed E-state index contributed by atoms with van der Waals surface area (Å²) < 4.78 is 27.9. The Balaban J connectivity index is 1.99. The Morgan fingerprint density at radius 2 is 2.33 bits per heavy atom. The smallest absolute Gasteiger partial charge is 0.338 e. The van der Waals surface area contributed by atoms with E-state index in [1.165, 1.54) is 12.3 Å². The highest BCUT2D eigenvalue weighted by Crippen LogP contribution is 2.19. The monoisotopic (exact) mass is 273 g/mol. The zero-order chi connectivity index (χ0) is 13.3. The van der Waals surface area contributed by atoms with Gasteiger partial charge in [0.05, 0.1) is 23.6 Å². The lowest BCUT2D eigenvalue weighted by Gasteiger charge is -2.21. The summed E-state index contributed by atoms with van der Waals surface area (Å²) in [7, 11) is -1.09. The number of sulfone groups is 1. The number of rotatable bonds is 4. The van der Waals surface area contributed by atoms with Crippen molar-refractivity contribution in [1.82, 2.24) is 4.90 Å². The normalized spacial score (nSPS) is 22.4. The highest BCUT2D eigenvalue weighted by molar-refractivity contribution is 7.91. The maximum atomic E-state index is 11.4. The number of hydrogen-bond acceptors (Lipinski definition) is 5. The average molecular weight is 273 g/mol. The summed E-state index contributed by atoms with van der Waals surface area (Å²) in [5, 5.41) is 8.76. The minimum atomic E-state index is -2.91. The second-order valence-electron chi connectivity index (χ2n) is 4.58. The molecule has 18 heavy (non-hydrogen) atoms. The average Bonchev–Trinajstić information content (AvgIpc) is 2.84. The Hall–Kier alpha value is -1.34. The fourth-order valence-corrected chi connectivity index (χ4v) is 3.88. The van der Waals surface area contributed by atoms with Crippen LogP contribution in [0.3, 0.4) is 0 Å². The topological polar surface area (TPSA) is 87.8 Å². The Kier molecular flexibility index (Phi) is 3.45. The van der Waals surface area contributed by atoms with Gasteiger partial charge in [-0.15, -0.1) is 0 Å². The molecule has 1 saturated heterocycles. The summed E-state index contributed by atoms with van der Waals surface area (Å²) in [6.07, 6.45) is 1.81. The van der Waals surface area contributed by atoms with Gasteiger partial charge < -0.3 is 9.52 Å². The van der Waals surface area contributed by atoms with E-state index in [1.807, 2.05) is 11.9 Å². The first-order chi connectivity index (χ1) is 8.37. The summed E-state index contributed by atoms with van der Waals surface area (Å²) in [4.78, 5) is 12.6. The molecule has 7 heteroatoms. The van der Waals surface area contributed by atoms with Crippen LogP contribution >= 0.6 is 0 Å². The van der Waals surface area contributed by atoms with Gasteiger partial charge in [-0.1, -0.05) is 0 Å². The molecule has 2 rings (SSSR count). The molecule has 1 aliphatic heterocycles. The lowest BCUT2D eigenvalue weighted by Crippen LogP contribution is -2.31. The van der Waals surface area contributed by atoms with Gasteiger partial charge in [0.2, 0.25) is 0 Å². The van der Waals surface area contributed by atoms with Crippen molar-refractivity contribution in [3.8, 4) is 0 Å². The summed E-state index contributed by atoms with van der Waals surface area (Å²) in [5.41, 5.74) is 0.109. The van der Waals surface area contributed by atoms with Crippen molar-refractivity contribution >= 4 is 15.8 Å². The number of furan rings is 1. The van der Waals surface area contributed by atoms with Crippen LogP contribution in [0.4, 0.5) is 0 Å². The first kappa shape index (κ1) is 13.1. The van der Waals surface area contributed by atoms with Crippen molar-refractivity contribution in [2.75, 3.05) is 18.6 Å². The lowest BCUT2D eigenvalue weighted by molar-refractivity contribution is 0.0696. The quantitative estimate of drug-likeness (QED) is 0.864. The number of carboxylic acids is 1. The second kappa shape index (κ2) is 4.74. The number of carbonyl (C=O) groups is 1. The molecule has 1 atom stereocenters. The van der Waals surface area contributed by atoms with Crippen molar-refractivity contribution in [1.29, 1.82) is 0 Å². The number of aromatic carboxylic acids is 1. The number of carboxylic acid groups (broad SMARTS) is 1. The van der Waals surface area contributed by atoms with E-state index in [0.717, 1.165) is 0 Å². The molecule has 0 aliphatic carbocycles. The molecule has 0 saturated carbocycles. The molecule has 1 aromatic heterocycles. The van der Waals surface area contributed by atoms with Crippen LogP contribution in [-0.4, -0.2) is 49.0 Å². The second-order valence-corrected chi connectivity index (χ2v) is 6.81. The fraction of sp³-hybridized carbons (Fsp3) is 0.545. The van der Waals surface area contributed by atoms with E-state index in [4.69, 9.17) is 9.52 Å². The molecule has 1 aliphatic rings. The highest BCUT2D eigenvalue weighted by atomic mass is 32.2. The van der Waals surface area contributed by atoms with E-state index < -0.39 is 15.8 Å². The molecule has 1 N–H and O–H groups in total. The molecular formula is C11H15NO5S. The Morgan fingerprint density at radius 3 is 2.83 bits per heavy atom. The summed E-state index contributed by atoms with van der Waals surface area (Å²) in [6.45, 7) is 0.410. The summed E-state index contributed by atoms with van der Waals surface area (Å²) in [6, 6.07) is 1.44. The Labute approximate surface area is 105 Å². The van der Waals surface area contributed by atoms with Crippen LogP contribution < -0.4 is 0 Å². The van der Waals surface area contributed by atoms with Crippen LogP contribution in [0.2, 0.25) is 0 Å². The van der Waals surface area contributed by atoms with Gasteiger partial charge in [-0.05, 0) is 19.5 Å². The molecule has 0 bridgehead atoms. The molecule has 1 aromatic rings. The van der Waals surface area contributed by atoms with Gasteiger partial charge in [0.15, 0.2) is 9.84 Å². The third kappa shape index (κ3) is 2.91. The van der Waals surface area contributed by atoms with Gasteiger partial charge in [0.1, 0.15) is 12.0 Å². The van der Waals surface area contributed by atoms with Crippen LogP contribution in [0.25, 0.3) is 0 Å². The molecular weight excluding hydrogens is 258 g/mol. The Morgan fingerprint density at radius 1 is 1.61 bits per heavy atom. The first-order valence-corrected chi connectivity index (χ1v) is 7.41. The van der Waals surface area contributed by atoms with Crippen molar-refractivity contribution in [2.24, 2.45) is 0 Å². The predicted molar refractivity (Wildman–Crippen MR) is 64.2 cm³/mol. The molecule has 100 valence electrons. The van der Waals surface area contributed by atoms with Gasteiger partial charge in [-0.3, -0.25) is 4.90 Å². The largest absolute Gasteiger partial charge is 0.478 e. The number of nitrogens with zero attached hydrogens (tertiary/aromatic N) is 1. The molecule has 1 unspecified atom stereocenters. The third-order valence-corrected chi connectivity index (χ3v) is 4.89.